The summed E-state index contributed by atoms with van der Waals surface area (Å²) in [7, 11) is 1.72. The molecule has 0 aliphatic heterocycles. The van der Waals surface area contributed by atoms with E-state index in [1.54, 1.807) is 25.7 Å². The summed E-state index contributed by atoms with van der Waals surface area (Å²) in [6.45, 7) is 3.02. The SMILES string of the molecule is CN=C(NCCSc1ccc(Cl)cc1)NCc1nc(C)no1.I. The van der Waals surface area contributed by atoms with Gasteiger partial charge in [0.25, 0.3) is 0 Å². The second-order valence-corrected chi connectivity index (χ2v) is 6.00. The fourth-order valence-electron chi connectivity index (χ4n) is 1.66. The van der Waals surface area contributed by atoms with E-state index >= 15 is 0 Å². The molecule has 0 saturated heterocycles. The van der Waals surface area contributed by atoms with Crippen molar-refractivity contribution >= 4 is 53.3 Å². The summed E-state index contributed by atoms with van der Waals surface area (Å²) in [5, 5.41) is 10.8. The molecule has 1 heterocycles. The van der Waals surface area contributed by atoms with Gasteiger partial charge in [-0.2, -0.15) is 4.98 Å². The molecule has 0 atom stereocenters. The molecule has 0 saturated carbocycles. The van der Waals surface area contributed by atoms with Gasteiger partial charge in [0, 0.05) is 29.3 Å². The predicted molar refractivity (Wildman–Crippen MR) is 105 cm³/mol. The number of aliphatic imine (C=N–C) groups is 1. The zero-order valence-electron chi connectivity index (χ0n) is 12.9. The molecule has 0 aliphatic carbocycles. The van der Waals surface area contributed by atoms with Crippen LogP contribution >= 0.6 is 47.3 Å². The molecule has 0 spiro atoms. The Labute approximate surface area is 161 Å². The second-order valence-electron chi connectivity index (χ2n) is 4.39. The van der Waals surface area contributed by atoms with Gasteiger partial charge in [-0.3, -0.25) is 4.99 Å². The number of benzene rings is 1. The summed E-state index contributed by atoms with van der Waals surface area (Å²) in [4.78, 5) is 9.46. The van der Waals surface area contributed by atoms with E-state index in [1.165, 1.54) is 4.90 Å². The van der Waals surface area contributed by atoms with Gasteiger partial charge in [0.1, 0.15) is 0 Å². The quantitative estimate of drug-likeness (QED) is 0.224. The van der Waals surface area contributed by atoms with E-state index < -0.39 is 0 Å². The monoisotopic (exact) mass is 467 g/mol. The van der Waals surface area contributed by atoms with Crippen LogP contribution in [-0.4, -0.2) is 35.4 Å². The minimum atomic E-state index is 0. The highest BCUT2D eigenvalue weighted by Crippen LogP contribution is 2.19. The van der Waals surface area contributed by atoms with Crippen molar-refractivity contribution in [1.82, 2.24) is 20.8 Å². The molecule has 0 amide bonds. The van der Waals surface area contributed by atoms with E-state index in [-0.39, 0.29) is 24.0 Å². The number of rotatable bonds is 6. The summed E-state index contributed by atoms with van der Waals surface area (Å²) >= 11 is 7.61. The summed E-state index contributed by atoms with van der Waals surface area (Å²) in [6.07, 6.45) is 0. The number of nitrogens with zero attached hydrogens (tertiary/aromatic N) is 3. The maximum Gasteiger partial charge on any atom is 0.246 e. The standard InChI is InChI=1S/C14H18ClN5OS.HI/c1-10-19-13(21-20-10)9-18-14(16-2)17-7-8-22-12-5-3-11(15)4-6-12;/h3-6H,7-9H2,1-2H3,(H2,16,17,18);1H. The third-order valence-corrected chi connectivity index (χ3v) is 3.94. The van der Waals surface area contributed by atoms with Crippen LogP contribution < -0.4 is 10.6 Å². The molecule has 0 radical (unpaired) electrons. The molecule has 0 bridgehead atoms. The first-order valence-electron chi connectivity index (χ1n) is 6.79. The van der Waals surface area contributed by atoms with E-state index in [1.807, 2.05) is 24.3 Å². The van der Waals surface area contributed by atoms with Gasteiger partial charge >= 0.3 is 0 Å². The lowest BCUT2D eigenvalue weighted by molar-refractivity contribution is 0.371. The van der Waals surface area contributed by atoms with Crippen LogP contribution in [0, 0.1) is 6.92 Å². The predicted octanol–water partition coefficient (Wildman–Crippen LogP) is 3.11. The lowest BCUT2D eigenvalue weighted by Gasteiger charge is -2.10. The van der Waals surface area contributed by atoms with Crippen LogP contribution in [0.5, 0.6) is 0 Å². The van der Waals surface area contributed by atoms with Gasteiger partial charge < -0.3 is 15.2 Å². The van der Waals surface area contributed by atoms with Crippen molar-refractivity contribution in [3.63, 3.8) is 0 Å². The maximum absolute atomic E-state index is 5.86. The number of aromatic nitrogens is 2. The number of hydrogen-bond donors (Lipinski definition) is 2. The summed E-state index contributed by atoms with van der Waals surface area (Å²) in [5.74, 6) is 2.78. The molecule has 1 aromatic heterocycles. The van der Waals surface area contributed by atoms with Crippen molar-refractivity contribution in [2.75, 3.05) is 19.3 Å². The van der Waals surface area contributed by atoms with Crippen molar-refractivity contribution in [2.45, 2.75) is 18.4 Å². The zero-order chi connectivity index (χ0) is 15.8. The van der Waals surface area contributed by atoms with E-state index in [4.69, 9.17) is 16.1 Å². The second kappa shape index (κ2) is 10.7. The fraction of sp³-hybridized carbons (Fsp3) is 0.357. The molecule has 0 aliphatic rings. The van der Waals surface area contributed by atoms with Crippen molar-refractivity contribution in [2.24, 2.45) is 4.99 Å². The molecule has 1 aromatic carbocycles. The number of thioether (sulfide) groups is 1. The van der Waals surface area contributed by atoms with Crippen LogP contribution in [0.1, 0.15) is 11.7 Å². The minimum absolute atomic E-state index is 0. The molecular weight excluding hydrogens is 449 g/mol. The molecule has 2 N–H and O–H groups in total. The Bertz CT molecular complexity index is 620. The first-order chi connectivity index (χ1) is 10.7. The van der Waals surface area contributed by atoms with Gasteiger partial charge in [0.15, 0.2) is 11.8 Å². The summed E-state index contributed by atoms with van der Waals surface area (Å²) < 4.78 is 5.03. The molecule has 0 unspecified atom stereocenters. The number of aryl methyl sites for hydroxylation is 1. The van der Waals surface area contributed by atoms with Crippen LogP contribution in [0.15, 0.2) is 38.7 Å². The largest absolute Gasteiger partial charge is 0.356 e. The topological polar surface area (TPSA) is 75.3 Å². The fourth-order valence-corrected chi connectivity index (χ4v) is 2.56. The molecule has 23 heavy (non-hydrogen) atoms. The van der Waals surface area contributed by atoms with E-state index in [9.17, 15) is 0 Å². The van der Waals surface area contributed by atoms with E-state index in [0.717, 1.165) is 17.3 Å². The van der Waals surface area contributed by atoms with Crippen molar-refractivity contribution in [1.29, 1.82) is 0 Å². The Morgan fingerprint density at radius 3 is 2.65 bits per heavy atom. The number of halogens is 2. The van der Waals surface area contributed by atoms with Crippen molar-refractivity contribution < 1.29 is 4.52 Å². The summed E-state index contributed by atoms with van der Waals surface area (Å²) in [6, 6.07) is 7.81. The highest BCUT2D eigenvalue weighted by atomic mass is 127. The van der Waals surface area contributed by atoms with Gasteiger partial charge in [-0.15, -0.1) is 35.7 Å². The van der Waals surface area contributed by atoms with E-state index in [2.05, 4.69) is 25.8 Å². The van der Waals surface area contributed by atoms with Crippen LogP contribution in [0.3, 0.4) is 0 Å². The average molecular weight is 468 g/mol. The summed E-state index contributed by atoms with van der Waals surface area (Å²) in [5.41, 5.74) is 0. The molecule has 126 valence electrons. The lowest BCUT2D eigenvalue weighted by atomic mass is 10.4. The highest BCUT2D eigenvalue weighted by Gasteiger charge is 2.04. The molecule has 2 aromatic rings. The Morgan fingerprint density at radius 1 is 1.30 bits per heavy atom. The van der Waals surface area contributed by atoms with Gasteiger partial charge in [-0.1, -0.05) is 16.8 Å². The minimum Gasteiger partial charge on any atom is -0.356 e. The van der Waals surface area contributed by atoms with Gasteiger partial charge in [0.2, 0.25) is 5.89 Å². The smallest absolute Gasteiger partial charge is 0.246 e. The highest BCUT2D eigenvalue weighted by molar-refractivity contribution is 14.0. The van der Waals surface area contributed by atoms with Crippen LogP contribution in [-0.2, 0) is 6.54 Å². The Kier molecular flexibility index (Phi) is 9.34. The number of hydrogen-bond acceptors (Lipinski definition) is 5. The maximum atomic E-state index is 5.86. The number of nitrogens with one attached hydrogen (secondary N) is 2. The first kappa shape index (κ1) is 20.0. The number of guanidine groups is 1. The van der Waals surface area contributed by atoms with Crippen LogP contribution in [0.25, 0.3) is 0 Å². The van der Waals surface area contributed by atoms with Gasteiger partial charge in [0.05, 0.1) is 6.54 Å². The average Bonchev–Trinajstić information content (AvgIpc) is 2.94. The lowest BCUT2D eigenvalue weighted by Crippen LogP contribution is -2.38. The third kappa shape index (κ3) is 7.40. The van der Waals surface area contributed by atoms with Crippen molar-refractivity contribution in [3.05, 3.63) is 41.0 Å². The first-order valence-corrected chi connectivity index (χ1v) is 8.16. The third-order valence-electron chi connectivity index (χ3n) is 2.68. The zero-order valence-corrected chi connectivity index (χ0v) is 16.8. The normalized spacial score (nSPS) is 11.0. The van der Waals surface area contributed by atoms with Crippen molar-refractivity contribution in [3.8, 4) is 0 Å². The van der Waals surface area contributed by atoms with Crippen LogP contribution in [0.4, 0.5) is 0 Å². The molecule has 2 rings (SSSR count). The van der Waals surface area contributed by atoms with Crippen LogP contribution in [0.2, 0.25) is 5.02 Å². The molecule has 0 fully saturated rings. The molecular formula is C14H19ClIN5OS. The molecule has 6 nitrogen and oxygen atoms in total. The van der Waals surface area contributed by atoms with Gasteiger partial charge in [-0.25, -0.2) is 0 Å². The molecule has 9 heteroatoms. The van der Waals surface area contributed by atoms with E-state index in [0.29, 0.717) is 24.2 Å². The Hall–Kier alpha value is -1.00. The Balaban J connectivity index is 0.00000264. The van der Waals surface area contributed by atoms with Gasteiger partial charge in [-0.05, 0) is 31.2 Å². The Morgan fingerprint density at radius 2 is 2.04 bits per heavy atom.